The van der Waals surface area contributed by atoms with Crippen molar-refractivity contribution in [1.82, 2.24) is 9.97 Å². The fourth-order valence-corrected chi connectivity index (χ4v) is 1.56. The summed E-state index contributed by atoms with van der Waals surface area (Å²) < 4.78 is 0. The Morgan fingerprint density at radius 1 is 1.46 bits per heavy atom. The van der Waals surface area contributed by atoms with Crippen LogP contribution in [-0.2, 0) is 6.42 Å². The summed E-state index contributed by atoms with van der Waals surface area (Å²) >= 11 is 4.33. The van der Waals surface area contributed by atoms with Crippen molar-refractivity contribution in [2.24, 2.45) is 0 Å². The number of aromatic amines is 1. The Labute approximate surface area is 82.8 Å². The van der Waals surface area contributed by atoms with Gasteiger partial charge < -0.3 is 4.98 Å². The van der Waals surface area contributed by atoms with Crippen LogP contribution in [0.1, 0.15) is 12.7 Å². The molecule has 1 N–H and O–H groups in total. The summed E-state index contributed by atoms with van der Waals surface area (Å²) in [5.41, 5.74) is 2.14. The Balaban J connectivity index is 2.38. The summed E-state index contributed by atoms with van der Waals surface area (Å²) in [6, 6.07) is 8.05. The van der Waals surface area contributed by atoms with E-state index in [9.17, 15) is 0 Å². The number of thiol groups is 1. The minimum atomic E-state index is 0.348. The van der Waals surface area contributed by atoms with Gasteiger partial charge in [0.1, 0.15) is 5.82 Å². The van der Waals surface area contributed by atoms with Crippen molar-refractivity contribution in [1.29, 1.82) is 0 Å². The van der Waals surface area contributed by atoms with Crippen LogP contribution in [0.4, 0.5) is 0 Å². The van der Waals surface area contributed by atoms with Crippen LogP contribution in [0.5, 0.6) is 0 Å². The molecule has 0 aliphatic carbocycles. The van der Waals surface area contributed by atoms with E-state index >= 15 is 0 Å². The Kier molecular flexibility index (Phi) is 2.27. The lowest BCUT2D eigenvalue weighted by molar-refractivity contribution is 0.884. The third kappa shape index (κ3) is 1.86. The molecule has 1 aromatic carbocycles. The standard InChI is InChI=1S/C10H12N2S/c1-7(13)6-10-11-8-4-2-3-5-9(8)12-10/h2-5,7,13H,6H2,1H3,(H,11,12). The monoisotopic (exact) mass is 192 g/mol. The highest BCUT2D eigenvalue weighted by molar-refractivity contribution is 7.80. The Morgan fingerprint density at radius 3 is 2.92 bits per heavy atom. The number of aromatic nitrogens is 2. The van der Waals surface area contributed by atoms with Gasteiger partial charge in [-0.15, -0.1) is 0 Å². The van der Waals surface area contributed by atoms with Gasteiger partial charge in [-0.05, 0) is 12.1 Å². The molecule has 2 aromatic rings. The maximum atomic E-state index is 4.45. The van der Waals surface area contributed by atoms with Crippen LogP contribution < -0.4 is 0 Å². The van der Waals surface area contributed by atoms with E-state index in [0.717, 1.165) is 23.3 Å². The van der Waals surface area contributed by atoms with Crippen LogP contribution in [0.25, 0.3) is 11.0 Å². The average Bonchev–Trinajstić information content (AvgIpc) is 2.44. The van der Waals surface area contributed by atoms with Gasteiger partial charge in [0.2, 0.25) is 0 Å². The summed E-state index contributed by atoms with van der Waals surface area (Å²) in [6.45, 7) is 2.07. The van der Waals surface area contributed by atoms with Gasteiger partial charge in [-0.25, -0.2) is 4.98 Å². The number of rotatable bonds is 2. The molecule has 1 heterocycles. The summed E-state index contributed by atoms with van der Waals surface area (Å²) in [5, 5.41) is 0.348. The minimum absolute atomic E-state index is 0.348. The van der Waals surface area contributed by atoms with Gasteiger partial charge in [0.05, 0.1) is 11.0 Å². The van der Waals surface area contributed by atoms with Crippen molar-refractivity contribution in [3.8, 4) is 0 Å². The molecule has 0 saturated heterocycles. The highest BCUT2D eigenvalue weighted by Gasteiger charge is 2.03. The lowest BCUT2D eigenvalue weighted by atomic mass is 10.3. The molecular formula is C10H12N2S. The normalized spacial score (nSPS) is 13.4. The Hall–Kier alpha value is -0.960. The predicted octanol–water partition coefficient (Wildman–Crippen LogP) is 2.42. The quantitative estimate of drug-likeness (QED) is 0.703. The minimum Gasteiger partial charge on any atom is -0.342 e. The summed E-state index contributed by atoms with van der Waals surface area (Å²) in [5.74, 6) is 1.02. The molecule has 68 valence electrons. The van der Waals surface area contributed by atoms with E-state index in [-0.39, 0.29) is 0 Å². The van der Waals surface area contributed by atoms with Crippen LogP contribution in [0.15, 0.2) is 24.3 Å². The second-order valence-electron chi connectivity index (χ2n) is 3.25. The van der Waals surface area contributed by atoms with Crippen LogP contribution in [0, 0.1) is 0 Å². The third-order valence-electron chi connectivity index (χ3n) is 1.93. The van der Waals surface area contributed by atoms with E-state index in [4.69, 9.17) is 0 Å². The van der Waals surface area contributed by atoms with Crippen LogP contribution >= 0.6 is 12.6 Å². The summed E-state index contributed by atoms with van der Waals surface area (Å²) in [4.78, 5) is 7.72. The largest absolute Gasteiger partial charge is 0.342 e. The zero-order valence-corrected chi connectivity index (χ0v) is 8.38. The SMILES string of the molecule is CC(S)Cc1nc2ccccc2[nH]1. The molecule has 1 atom stereocenters. The van der Waals surface area contributed by atoms with E-state index in [2.05, 4.69) is 29.5 Å². The highest BCUT2D eigenvalue weighted by Crippen LogP contribution is 2.12. The maximum absolute atomic E-state index is 4.45. The third-order valence-corrected chi connectivity index (χ3v) is 2.11. The molecular weight excluding hydrogens is 180 g/mol. The number of benzene rings is 1. The highest BCUT2D eigenvalue weighted by atomic mass is 32.1. The zero-order chi connectivity index (χ0) is 9.26. The number of H-pyrrole nitrogens is 1. The number of hydrogen-bond donors (Lipinski definition) is 2. The molecule has 3 heteroatoms. The second kappa shape index (κ2) is 3.42. The Bertz CT molecular complexity index is 373. The van der Waals surface area contributed by atoms with E-state index in [1.165, 1.54) is 0 Å². The maximum Gasteiger partial charge on any atom is 0.108 e. The molecule has 0 bridgehead atoms. The van der Waals surface area contributed by atoms with E-state index in [1.54, 1.807) is 0 Å². The van der Waals surface area contributed by atoms with Crippen molar-refractivity contribution in [3.63, 3.8) is 0 Å². The number of para-hydroxylation sites is 2. The number of fused-ring (bicyclic) bond motifs is 1. The first kappa shape index (κ1) is 8.63. The lowest BCUT2D eigenvalue weighted by Gasteiger charge is -1.97. The fraction of sp³-hybridized carbons (Fsp3) is 0.300. The molecule has 2 rings (SSSR count). The molecule has 1 aromatic heterocycles. The molecule has 1 unspecified atom stereocenters. The van der Waals surface area contributed by atoms with Crippen molar-refractivity contribution >= 4 is 23.7 Å². The molecule has 0 fully saturated rings. The first-order valence-corrected chi connectivity index (χ1v) is 4.89. The van der Waals surface area contributed by atoms with E-state index < -0.39 is 0 Å². The van der Waals surface area contributed by atoms with E-state index in [0.29, 0.717) is 5.25 Å². The number of nitrogens with one attached hydrogen (secondary N) is 1. The van der Waals surface area contributed by atoms with Crippen molar-refractivity contribution in [2.75, 3.05) is 0 Å². The molecule has 0 saturated carbocycles. The average molecular weight is 192 g/mol. The van der Waals surface area contributed by atoms with Gasteiger partial charge >= 0.3 is 0 Å². The lowest BCUT2D eigenvalue weighted by Crippen LogP contribution is -1.98. The van der Waals surface area contributed by atoms with Crippen molar-refractivity contribution in [3.05, 3.63) is 30.1 Å². The first-order chi connectivity index (χ1) is 6.25. The van der Waals surface area contributed by atoms with Gasteiger partial charge in [0.25, 0.3) is 0 Å². The van der Waals surface area contributed by atoms with Gasteiger partial charge in [0, 0.05) is 11.7 Å². The van der Waals surface area contributed by atoms with Crippen LogP contribution in [0.2, 0.25) is 0 Å². The molecule has 13 heavy (non-hydrogen) atoms. The van der Waals surface area contributed by atoms with Gasteiger partial charge in [0.15, 0.2) is 0 Å². The van der Waals surface area contributed by atoms with Crippen molar-refractivity contribution in [2.45, 2.75) is 18.6 Å². The molecule has 0 spiro atoms. The molecule has 0 aliphatic rings. The number of nitrogens with zero attached hydrogens (tertiary/aromatic N) is 1. The van der Waals surface area contributed by atoms with E-state index in [1.807, 2.05) is 24.3 Å². The van der Waals surface area contributed by atoms with Crippen molar-refractivity contribution < 1.29 is 0 Å². The smallest absolute Gasteiger partial charge is 0.108 e. The molecule has 0 aliphatic heterocycles. The second-order valence-corrected chi connectivity index (χ2v) is 4.14. The topological polar surface area (TPSA) is 28.7 Å². The van der Waals surface area contributed by atoms with Gasteiger partial charge in [-0.3, -0.25) is 0 Å². The van der Waals surface area contributed by atoms with Crippen LogP contribution in [-0.4, -0.2) is 15.2 Å². The first-order valence-electron chi connectivity index (χ1n) is 4.37. The Morgan fingerprint density at radius 2 is 2.23 bits per heavy atom. The van der Waals surface area contributed by atoms with Gasteiger partial charge in [-0.1, -0.05) is 19.1 Å². The number of hydrogen-bond acceptors (Lipinski definition) is 2. The molecule has 2 nitrogen and oxygen atoms in total. The molecule has 0 radical (unpaired) electrons. The summed E-state index contributed by atoms with van der Waals surface area (Å²) in [6.07, 6.45) is 0.887. The molecule has 0 amide bonds. The fourth-order valence-electron chi connectivity index (χ4n) is 1.38. The predicted molar refractivity (Wildman–Crippen MR) is 58.2 cm³/mol. The number of imidazole rings is 1. The zero-order valence-electron chi connectivity index (χ0n) is 7.49. The van der Waals surface area contributed by atoms with Crippen LogP contribution in [0.3, 0.4) is 0 Å². The summed E-state index contributed by atoms with van der Waals surface area (Å²) in [7, 11) is 0. The van der Waals surface area contributed by atoms with Gasteiger partial charge in [-0.2, -0.15) is 12.6 Å².